The van der Waals surface area contributed by atoms with E-state index in [9.17, 15) is 17.6 Å². The van der Waals surface area contributed by atoms with Gasteiger partial charge in [-0.15, -0.1) is 0 Å². The molecule has 1 heterocycles. The van der Waals surface area contributed by atoms with Crippen molar-refractivity contribution in [2.75, 3.05) is 38.2 Å². The molecule has 2 aromatic carbocycles. The zero-order chi connectivity index (χ0) is 21.0. The lowest BCUT2D eigenvalue weighted by atomic mass is 10.2. The first-order valence-electron chi connectivity index (χ1n) is 9.26. The summed E-state index contributed by atoms with van der Waals surface area (Å²) in [6.45, 7) is 3.26. The van der Waals surface area contributed by atoms with Gasteiger partial charge in [-0.1, -0.05) is 12.1 Å². The topological polar surface area (TPSA) is 78.9 Å². The summed E-state index contributed by atoms with van der Waals surface area (Å²) in [4.78, 5) is 16.2. The third-order valence-corrected chi connectivity index (χ3v) is 6.41. The lowest BCUT2D eigenvalue weighted by Crippen LogP contribution is -2.54. The van der Waals surface area contributed by atoms with E-state index in [-0.39, 0.29) is 16.6 Å². The number of anilines is 1. The number of carbonyl (C=O) groups excluding carboxylic acids is 1. The van der Waals surface area contributed by atoms with Gasteiger partial charge < -0.3 is 14.5 Å². The van der Waals surface area contributed by atoms with Crippen LogP contribution in [0, 0.1) is 5.82 Å². The van der Waals surface area contributed by atoms with E-state index in [0.717, 1.165) is 0 Å². The van der Waals surface area contributed by atoms with Gasteiger partial charge in [-0.3, -0.25) is 4.79 Å². The smallest absolute Gasteiger partial charge is 0.241 e. The van der Waals surface area contributed by atoms with Crippen molar-refractivity contribution in [2.45, 2.75) is 17.9 Å². The van der Waals surface area contributed by atoms with E-state index < -0.39 is 16.1 Å². The number of nitrogens with zero attached hydrogens (tertiary/aromatic N) is 2. The predicted molar refractivity (Wildman–Crippen MR) is 108 cm³/mol. The number of halogens is 1. The van der Waals surface area contributed by atoms with Crippen molar-refractivity contribution in [3.8, 4) is 5.75 Å². The quantitative estimate of drug-likeness (QED) is 0.770. The highest BCUT2D eigenvalue weighted by atomic mass is 32.2. The standard InChI is InChI=1S/C20H24FN3O4S/c1-15(22-29(26,27)17-9-7-16(28-2)8-10-17)20(25)24-13-11-23(12-14-24)19-6-4-3-5-18(19)21/h3-10,15,22H,11-14H2,1-2H3/t15-/m0/s1. The van der Waals surface area contributed by atoms with Gasteiger partial charge in [0.15, 0.2) is 0 Å². The number of rotatable bonds is 6. The molecule has 0 aromatic heterocycles. The number of hydrogen-bond acceptors (Lipinski definition) is 5. The summed E-state index contributed by atoms with van der Waals surface area (Å²) in [5, 5.41) is 0. The lowest BCUT2D eigenvalue weighted by Gasteiger charge is -2.37. The minimum atomic E-state index is -3.84. The van der Waals surface area contributed by atoms with Crippen LogP contribution in [0.1, 0.15) is 6.92 Å². The molecule has 1 atom stereocenters. The van der Waals surface area contributed by atoms with Crippen molar-refractivity contribution in [2.24, 2.45) is 0 Å². The van der Waals surface area contributed by atoms with Crippen molar-refractivity contribution in [1.29, 1.82) is 0 Å². The van der Waals surface area contributed by atoms with E-state index in [4.69, 9.17) is 4.74 Å². The van der Waals surface area contributed by atoms with Gasteiger partial charge in [0.1, 0.15) is 11.6 Å². The fourth-order valence-electron chi connectivity index (χ4n) is 3.26. The van der Waals surface area contributed by atoms with Gasteiger partial charge >= 0.3 is 0 Å². The van der Waals surface area contributed by atoms with Gasteiger partial charge in [0, 0.05) is 26.2 Å². The second kappa shape index (κ2) is 8.79. The van der Waals surface area contributed by atoms with Crippen LogP contribution in [0.15, 0.2) is 53.4 Å². The number of para-hydroxylation sites is 1. The lowest BCUT2D eigenvalue weighted by molar-refractivity contribution is -0.132. The maximum atomic E-state index is 13.9. The molecule has 1 aliphatic heterocycles. The Balaban J connectivity index is 1.59. The number of piperazine rings is 1. The van der Waals surface area contributed by atoms with Gasteiger partial charge in [0.2, 0.25) is 15.9 Å². The highest BCUT2D eigenvalue weighted by molar-refractivity contribution is 7.89. The number of sulfonamides is 1. The number of carbonyl (C=O) groups is 1. The second-order valence-electron chi connectivity index (χ2n) is 6.78. The van der Waals surface area contributed by atoms with Gasteiger partial charge in [-0.25, -0.2) is 12.8 Å². The monoisotopic (exact) mass is 421 g/mol. The molecule has 9 heteroatoms. The minimum Gasteiger partial charge on any atom is -0.497 e. The van der Waals surface area contributed by atoms with Crippen molar-refractivity contribution in [1.82, 2.24) is 9.62 Å². The Kier molecular flexibility index (Phi) is 6.39. The van der Waals surface area contributed by atoms with Crippen molar-refractivity contribution in [3.63, 3.8) is 0 Å². The van der Waals surface area contributed by atoms with Gasteiger partial charge in [-0.2, -0.15) is 4.72 Å². The fraction of sp³-hybridized carbons (Fsp3) is 0.350. The summed E-state index contributed by atoms with van der Waals surface area (Å²) in [7, 11) is -2.35. The van der Waals surface area contributed by atoms with Crippen LogP contribution in [-0.2, 0) is 14.8 Å². The van der Waals surface area contributed by atoms with E-state index in [1.165, 1.54) is 32.2 Å². The predicted octanol–water partition coefficient (Wildman–Crippen LogP) is 1.85. The maximum Gasteiger partial charge on any atom is 0.241 e. The zero-order valence-electron chi connectivity index (χ0n) is 16.3. The molecule has 1 saturated heterocycles. The van der Waals surface area contributed by atoms with Crippen LogP contribution in [0.25, 0.3) is 0 Å². The summed E-state index contributed by atoms with van der Waals surface area (Å²) < 4.78 is 46.5. The van der Waals surface area contributed by atoms with Gasteiger partial charge in [0.25, 0.3) is 0 Å². The number of ether oxygens (including phenoxy) is 1. The molecule has 0 aliphatic carbocycles. The highest BCUT2D eigenvalue weighted by Crippen LogP contribution is 2.21. The molecule has 3 rings (SSSR count). The molecular formula is C20H24FN3O4S. The third kappa shape index (κ3) is 4.86. The molecule has 1 amide bonds. The summed E-state index contributed by atoms with van der Waals surface area (Å²) in [6.07, 6.45) is 0. The number of amides is 1. The number of benzene rings is 2. The van der Waals surface area contributed by atoms with E-state index in [0.29, 0.717) is 37.6 Å². The van der Waals surface area contributed by atoms with Crippen molar-refractivity contribution < 1.29 is 22.3 Å². The molecule has 2 aromatic rings. The normalized spacial score (nSPS) is 15.8. The van der Waals surface area contributed by atoms with E-state index in [1.54, 1.807) is 35.2 Å². The average molecular weight is 421 g/mol. The summed E-state index contributed by atoms with van der Waals surface area (Å²) in [5.41, 5.74) is 0.507. The van der Waals surface area contributed by atoms with Crippen LogP contribution in [0.2, 0.25) is 0 Å². The van der Waals surface area contributed by atoms with Gasteiger partial charge in [-0.05, 0) is 43.3 Å². The molecule has 1 N–H and O–H groups in total. The number of nitrogens with one attached hydrogen (secondary N) is 1. The largest absolute Gasteiger partial charge is 0.497 e. The Hall–Kier alpha value is -2.65. The zero-order valence-corrected chi connectivity index (χ0v) is 17.2. The molecule has 7 nitrogen and oxygen atoms in total. The first kappa shape index (κ1) is 21.1. The first-order chi connectivity index (χ1) is 13.8. The Morgan fingerprint density at radius 2 is 1.69 bits per heavy atom. The summed E-state index contributed by atoms with van der Waals surface area (Å²) >= 11 is 0. The summed E-state index contributed by atoms with van der Waals surface area (Å²) in [6, 6.07) is 11.5. The number of methoxy groups -OCH3 is 1. The molecule has 1 fully saturated rings. The van der Waals surface area contributed by atoms with Gasteiger partial charge in [0.05, 0.1) is 23.7 Å². The van der Waals surface area contributed by atoms with E-state index in [1.807, 2.05) is 4.90 Å². The van der Waals surface area contributed by atoms with Crippen LogP contribution < -0.4 is 14.4 Å². The Morgan fingerprint density at radius 3 is 2.28 bits per heavy atom. The molecule has 1 aliphatic rings. The minimum absolute atomic E-state index is 0.0577. The molecule has 29 heavy (non-hydrogen) atoms. The van der Waals surface area contributed by atoms with Crippen LogP contribution in [0.3, 0.4) is 0 Å². The van der Waals surface area contributed by atoms with Crippen LogP contribution in [0.4, 0.5) is 10.1 Å². The van der Waals surface area contributed by atoms with E-state index in [2.05, 4.69) is 4.72 Å². The molecule has 156 valence electrons. The maximum absolute atomic E-state index is 13.9. The van der Waals surface area contributed by atoms with Crippen molar-refractivity contribution in [3.05, 3.63) is 54.3 Å². The van der Waals surface area contributed by atoms with Crippen LogP contribution in [-0.4, -0.2) is 58.6 Å². The molecule has 0 saturated carbocycles. The molecule has 0 radical (unpaired) electrons. The van der Waals surface area contributed by atoms with Crippen molar-refractivity contribution >= 4 is 21.6 Å². The Bertz CT molecular complexity index is 958. The molecular weight excluding hydrogens is 397 g/mol. The third-order valence-electron chi connectivity index (χ3n) is 4.86. The first-order valence-corrected chi connectivity index (χ1v) is 10.7. The SMILES string of the molecule is COc1ccc(S(=O)(=O)N[C@@H](C)C(=O)N2CCN(c3ccccc3F)CC2)cc1. The second-order valence-corrected chi connectivity index (χ2v) is 8.50. The molecule has 0 unspecified atom stereocenters. The Labute approximate surface area is 170 Å². The fourth-order valence-corrected chi connectivity index (χ4v) is 4.45. The van der Waals surface area contributed by atoms with Crippen LogP contribution in [0.5, 0.6) is 5.75 Å². The highest BCUT2D eigenvalue weighted by Gasteiger charge is 2.28. The summed E-state index contributed by atoms with van der Waals surface area (Å²) in [5.74, 6) is -0.0658. The Morgan fingerprint density at radius 1 is 1.07 bits per heavy atom. The molecule has 0 bridgehead atoms. The number of hydrogen-bond donors (Lipinski definition) is 1. The average Bonchev–Trinajstić information content (AvgIpc) is 2.73. The van der Waals surface area contributed by atoms with E-state index >= 15 is 0 Å². The molecule has 0 spiro atoms. The van der Waals surface area contributed by atoms with Crippen LogP contribution >= 0.6 is 0 Å².